The molecule has 2 aromatic carbocycles. The summed E-state index contributed by atoms with van der Waals surface area (Å²) in [5.41, 5.74) is 0.266. The molecular formula is C36H43N5O9S. The lowest BCUT2D eigenvalue weighted by Crippen LogP contribution is -2.43. The molecule has 1 aromatic heterocycles. The van der Waals surface area contributed by atoms with E-state index in [1.807, 2.05) is 33.1 Å². The molecule has 3 N–H and O–H groups in total. The fraction of sp³-hybridized carbons (Fsp3) is 0.472. The number of ether oxygens (including phenoxy) is 3. The molecule has 1 aliphatic rings. The van der Waals surface area contributed by atoms with Gasteiger partial charge in [-0.1, -0.05) is 27.7 Å². The minimum Gasteiger partial charge on any atom is -0.464 e. The van der Waals surface area contributed by atoms with Crippen LogP contribution in [0.5, 0.6) is 11.5 Å². The normalized spacial score (nSPS) is 12.9. The largest absolute Gasteiger partial charge is 0.464 e. The van der Waals surface area contributed by atoms with Gasteiger partial charge in [0.15, 0.2) is 17.1 Å². The number of nitrogens with zero attached hydrogens (tertiary/aromatic N) is 2. The Balaban J connectivity index is 1.96. The second-order valence-electron chi connectivity index (χ2n) is 13.0. The summed E-state index contributed by atoms with van der Waals surface area (Å²) in [6.07, 6.45) is 0.570. The Morgan fingerprint density at radius 2 is 1.45 bits per heavy atom. The quantitative estimate of drug-likeness (QED) is 0.0832. The van der Waals surface area contributed by atoms with Gasteiger partial charge in [0.05, 0.1) is 35.7 Å². The summed E-state index contributed by atoms with van der Waals surface area (Å²) in [5.74, 6) is -2.30. The van der Waals surface area contributed by atoms with E-state index in [0.29, 0.717) is 22.4 Å². The maximum atomic E-state index is 14.3. The Labute approximate surface area is 300 Å². The highest BCUT2D eigenvalue weighted by Gasteiger charge is 2.36. The van der Waals surface area contributed by atoms with Gasteiger partial charge in [-0.2, -0.15) is 5.26 Å². The third-order valence-corrected chi connectivity index (χ3v) is 8.85. The van der Waals surface area contributed by atoms with Gasteiger partial charge in [-0.25, -0.2) is 19.4 Å². The first-order chi connectivity index (χ1) is 24.1. The molecule has 0 bridgehead atoms. The van der Waals surface area contributed by atoms with E-state index in [9.17, 15) is 29.2 Å². The highest BCUT2D eigenvalue weighted by molar-refractivity contribution is 8.03. The van der Waals surface area contributed by atoms with Crippen molar-refractivity contribution < 1.29 is 37.8 Å². The number of amides is 2. The minimum absolute atomic E-state index is 0.00811. The molecule has 2 heterocycles. The lowest BCUT2D eigenvalue weighted by molar-refractivity contribution is -0.146. The summed E-state index contributed by atoms with van der Waals surface area (Å²) in [6, 6.07) is -0.486. The molecule has 4 rings (SSSR count). The van der Waals surface area contributed by atoms with Crippen LogP contribution >= 0.6 is 11.8 Å². The molecule has 3 aromatic rings. The first-order valence-corrected chi connectivity index (χ1v) is 17.6. The Kier molecular flexibility index (Phi) is 12.4. The monoisotopic (exact) mass is 721 g/mol. The SMILES string of the molecule is CCOC(=O)[C@H](CC(C)C)NC(=O)c1cc(SC#N)c(C)c2c1Nc1c(c(C)c3oc(=O)c(C)nc3c1C(=O)N[C@@H](CC(C)C)C(=O)OCC)O2. The van der Waals surface area contributed by atoms with E-state index in [2.05, 4.69) is 20.9 Å². The number of carbonyl (C=O) groups excluding carboxylic acids is 4. The highest BCUT2D eigenvalue weighted by Crippen LogP contribution is 2.52. The van der Waals surface area contributed by atoms with Crippen molar-refractivity contribution in [2.75, 3.05) is 18.5 Å². The number of carbonyl (C=O) groups is 4. The Morgan fingerprint density at radius 3 is 1.98 bits per heavy atom. The standard InChI is InChI=1S/C36H43N5O9S/c1-10-47-35(45)22(12-16(3)4)39-32(42)21-14-24(51-15-37)18(7)29-26(21)41-28-25(33(43)40-23(13-17(5)6)36(46)48-11-2)27-31(19(8)30(28)49-29)50-34(44)20(9)38-27/h14,16-17,22-23,41H,10-13H2,1-9H3,(H,39,42)(H,40,43)/t22-,23-/m0/s1. The summed E-state index contributed by atoms with van der Waals surface area (Å²) in [6.45, 7) is 16.0. The molecule has 51 heavy (non-hydrogen) atoms. The average molecular weight is 722 g/mol. The Morgan fingerprint density at radius 1 is 0.902 bits per heavy atom. The number of thiocyanates is 1. The predicted octanol–water partition coefficient (Wildman–Crippen LogP) is 5.95. The van der Waals surface area contributed by atoms with Crippen LogP contribution in [0, 0.1) is 43.3 Å². The number of aromatic nitrogens is 1. The van der Waals surface area contributed by atoms with Gasteiger partial charge in [0.1, 0.15) is 28.7 Å². The lowest BCUT2D eigenvalue weighted by Gasteiger charge is -2.30. The van der Waals surface area contributed by atoms with Crippen molar-refractivity contribution in [2.45, 2.75) is 92.1 Å². The number of rotatable bonds is 13. The zero-order chi connectivity index (χ0) is 37.7. The number of hydrogen-bond donors (Lipinski definition) is 3. The smallest absolute Gasteiger partial charge is 0.357 e. The molecule has 14 nitrogen and oxygen atoms in total. The molecule has 272 valence electrons. The van der Waals surface area contributed by atoms with Gasteiger partial charge in [0.25, 0.3) is 11.8 Å². The molecule has 2 amide bonds. The van der Waals surface area contributed by atoms with Crippen LogP contribution in [0.2, 0.25) is 0 Å². The van der Waals surface area contributed by atoms with Crippen molar-refractivity contribution >= 4 is 58.0 Å². The van der Waals surface area contributed by atoms with Crippen molar-refractivity contribution in [3.8, 4) is 16.9 Å². The number of aryl methyl sites for hydroxylation is 2. The summed E-state index contributed by atoms with van der Waals surface area (Å²) in [5, 5.41) is 20.4. The van der Waals surface area contributed by atoms with Crippen LogP contribution in [0.4, 0.5) is 11.4 Å². The summed E-state index contributed by atoms with van der Waals surface area (Å²) >= 11 is 0.816. The Hall–Kier alpha value is -5.10. The van der Waals surface area contributed by atoms with Crippen molar-refractivity contribution in [3.05, 3.63) is 44.4 Å². The third-order valence-electron chi connectivity index (χ3n) is 8.11. The van der Waals surface area contributed by atoms with E-state index in [4.69, 9.17) is 18.6 Å². The van der Waals surface area contributed by atoms with E-state index < -0.39 is 41.5 Å². The van der Waals surface area contributed by atoms with Gasteiger partial charge in [0, 0.05) is 16.0 Å². The first-order valence-electron chi connectivity index (χ1n) is 16.7. The average Bonchev–Trinajstić information content (AvgIpc) is 3.05. The van der Waals surface area contributed by atoms with Crippen LogP contribution in [-0.4, -0.2) is 54.0 Å². The first kappa shape index (κ1) is 38.7. The van der Waals surface area contributed by atoms with Crippen LogP contribution in [0.25, 0.3) is 11.1 Å². The third kappa shape index (κ3) is 8.28. The predicted molar refractivity (Wildman–Crippen MR) is 190 cm³/mol. The van der Waals surface area contributed by atoms with Crippen LogP contribution < -0.4 is 26.3 Å². The van der Waals surface area contributed by atoms with Gasteiger partial charge in [-0.05, 0) is 77.1 Å². The van der Waals surface area contributed by atoms with Crippen molar-refractivity contribution in [1.82, 2.24) is 15.6 Å². The zero-order valence-corrected chi connectivity index (χ0v) is 31.0. The molecule has 15 heteroatoms. The van der Waals surface area contributed by atoms with Crippen LogP contribution in [0.15, 0.2) is 20.2 Å². The topological polar surface area (TPSA) is 199 Å². The number of anilines is 2. The fourth-order valence-corrected chi connectivity index (χ4v) is 6.28. The summed E-state index contributed by atoms with van der Waals surface area (Å²) in [4.78, 5) is 71.7. The van der Waals surface area contributed by atoms with Crippen LogP contribution in [0.1, 0.15) is 91.9 Å². The maximum Gasteiger partial charge on any atom is 0.357 e. The van der Waals surface area contributed by atoms with Crippen molar-refractivity contribution in [2.24, 2.45) is 11.8 Å². The molecule has 0 radical (unpaired) electrons. The number of esters is 2. The van der Waals surface area contributed by atoms with Gasteiger partial charge in [-0.3, -0.25) is 9.59 Å². The number of hydrogen-bond acceptors (Lipinski definition) is 13. The van der Waals surface area contributed by atoms with Gasteiger partial charge in [-0.15, -0.1) is 0 Å². The second kappa shape index (κ2) is 16.3. The van der Waals surface area contributed by atoms with E-state index >= 15 is 0 Å². The summed E-state index contributed by atoms with van der Waals surface area (Å²) in [7, 11) is 0. The second-order valence-corrected chi connectivity index (χ2v) is 13.8. The molecule has 0 unspecified atom stereocenters. The van der Waals surface area contributed by atoms with Crippen LogP contribution in [-0.2, 0) is 19.1 Å². The van der Waals surface area contributed by atoms with Gasteiger partial charge in [0.2, 0.25) is 0 Å². The number of nitrogens with one attached hydrogen (secondary N) is 3. The van der Waals surface area contributed by atoms with E-state index in [1.165, 1.54) is 13.0 Å². The van der Waals surface area contributed by atoms with E-state index in [-0.39, 0.29) is 82.3 Å². The highest BCUT2D eigenvalue weighted by atomic mass is 32.2. The molecule has 0 saturated heterocycles. The van der Waals surface area contributed by atoms with Crippen molar-refractivity contribution in [3.63, 3.8) is 0 Å². The van der Waals surface area contributed by atoms with E-state index in [1.54, 1.807) is 27.7 Å². The summed E-state index contributed by atoms with van der Waals surface area (Å²) < 4.78 is 22.6. The molecule has 2 atom stereocenters. The van der Waals surface area contributed by atoms with Gasteiger partial charge < -0.3 is 34.6 Å². The van der Waals surface area contributed by atoms with Gasteiger partial charge >= 0.3 is 17.6 Å². The zero-order valence-electron chi connectivity index (χ0n) is 30.2. The fourth-order valence-electron chi connectivity index (χ4n) is 5.76. The van der Waals surface area contributed by atoms with Crippen molar-refractivity contribution in [1.29, 1.82) is 5.26 Å². The molecule has 1 aliphatic heterocycles. The number of nitriles is 1. The molecule has 0 fully saturated rings. The van der Waals surface area contributed by atoms with Crippen LogP contribution in [0.3, 0.4) is 0 Å². The Bertz CT molecular complexity index is 1980. The molecule has 0 saturated carbocycles. The number of benzene rings is 2. The minimum atomic E-state index is -1.02. The molecular weight excluding hydrogens is 678 g/mol. The maximum absolute atomic E-state index is 14.3. The van der Waals surface area contributed by atoms with E-state index in [0.717, 1.165) is 11.8 Å². The lowest BCUT2D eigenvalue weighted by atomic mass is 9.98. The number of thioether (sulfide) groups is 1. The molecule has 0 spiro atoms. The molecule has 0 aliphatic carbocycles. The number of fused-ring (bicyclic) bond motifs is 3.